The quantitative estimate of drug-likeness (QED) is 0.0791. The molecule has 6 N–H and O–H groups in total. The van der Waals surface area contributed by atoms with Gasteiger partial charge in [-0.3, -0.25) is 18.5 Å². The molecule has 15 nitrogen and oxygen atoms in total. The Labute approximate surface area is 357 Å². The molecule has 0 aliphatic carbocycles. The van der Waals surface area contributed by atoms with Crippen molar-refractivity contribution in [2.75, 3.05) is 20.1 Å². The van der Waals surface area contributed by atoms with Crippen LogP contribution < -0.4 is 79.2 Å². The summed E-state index contributed by atoms with van der Waals surface area (Å²) >= 11 is 0. The molecule has 6 aromatic carbocycles. The molecule has 0 spiro atoms. The van der Waals surface area contributed by atoms with Crippen LogP contribution in [0.25, 0.3) is 21.5 Å². The molecule has 21 heteroatoms. The number of urea groups is 1. The summed E-state index contributed by atoms with van der Waals surface area (Å²) in [6, 6.07) is 26.8. The van der Waals surface area contributed by atoms with E-state index in [4.69, 9.17) is 0 Å². The van der Waals surface area contributed by atoms with Gasteiger partial charge in [0.15, 0.2) is 0 Å². The Morgan fingerprint density at radius 1 is 0.426 bits per heavy atom. The van der Waals surface area contributed by atoms with E-state index in [9.17, 15) is 47.6 Å². The number of hydrogen-bond donors (Lipinski definition) is 6. The van der Waals surface area contributed by atoms with Crippen LogP contribution in [0.5, 0.6) is 0 Å². The van der Waals surface area contributed by atoms with Gasteiger partial charge in [-0.15, -0.1) is 0 Å². The summed E-state index contributed by atoms with van der Waals surface area (Å²) in [4.78, 5) is 11.7. The van der Waals surface area contributed by atoms with Crippen LogP contribution in [0, 0.1) is 0 Å². The first-order chi connectivity index (χ1) is 24.4. The second-order valence-electron chi connectivity index (χ2n) is 11.2. The molecule has 0 bridgehead atoms. The molecule has 0 unspecified atom stereocenters. The number of rotatable bonds is 10. The minimum atomic E-state index is -4.56. The third-order valence-corrected chi connectivity index (χ3v) is 12.0. The van der Waals surface area contributed by atoms with Crippen molar-refractivity contribution in [1.29, 1.82) is 0 Å². The van der Waals surface area contributed by atoms with E-state index >= 15 is 0 Å². The number of anilines is 4. The SMILES string of the molecule is O=C(Nc1ccc2ccc(S(=O)(=O)Nc3cccc(S(=O)(=O)O)c3)cc2c1)Nc1ccc2ccc(S(=O)(=O)Nc3cccc(S(=O)(=O)O)c3)cc2c1.[H-].[H-].[Na+].[Na+]. The Kier molecular flexibility index (Phi) is 13.3. The van der Waals surface area contributed by atoms with Crippen molar-refractivity contribution in [3.63, 3.8) is 0 Å². The molecule has 2 amide bonds. The summed E-state index contributed by atoms with van der Waals surface area (Å²) in [5.74, 6) is 0. The molecule has 272 valence electrons. The minimum Gasteiger partial charge on any atom is -1.00 e. The maximum Gasteiger partial charge on any atom is 1.00 e. The van der Waals surface area contributed by atoms with Gasteiger partial charge in [-0.05, 0) is 106 Å². The predicted molar refractivity (Wildman–Crippen MR) is 197 cm³/mol. The molecule has 6 aromatic rings. The number of hydrogen-bond acceptors (Lipinski definition) is 9. The zero-order valence-electron chi connectivity index (χ0n) is 30.2. The second-order valence-corrected chi connectivity index (χ2v) is 17.5. The molecule has 0 aliphatic rings. The van der Waals surface area contributed by atoms with E-state index in [0.29, 0.717) is 32.9 Å². The summed E-state index contributed by atoms with van der Waals surface area (Å²) in [5.41, 5.74) is 0.447. The third-order valence-electron chi connectivity index (χ3n) is 7.53. The molecule has 0 heterocycles. The van der Waals surface area contributed by atoms with Crippen molar-refractivity contribution in [1.82, 2.24) is 0 Å². The van der Waals surface area contributed by atoms with Gasteiger partial charge >= 0.3 is 65.1 Å². The Morgan fingerprint density at radius 2 is 0.796 bits per heavy atom. The number of benzene rings is 6. The summed E-state index contributed by atoms with van der Waals surface area (Å²) in [6.07, 6.45) is 0. The van der Waals surface area contributed by atoms with Crippen LogP contribution in [-0.2, 0) is 40.3 Å². The van der Waals surface area contributed by atoms with Gasteiger partial charge in [0.25, 0.3) is 40.3 Å². The van der Waals surface area contributed by atoms with Gasteiger partial charge in [-0.1, -0.05) is 36.4 Å². The third kappa shape index (κ3) is 10.4. The molecular formula is C33H28N4Na2O11S4. The molecule has 0 aromatic heterocycles. The van der Waals surface area contributed by atoms with E-state index in [2.05, 4.69) is 20.1 Å². The fraction of sp³-hybridized carbons (Fsp3) is 0. The van der Waals surface area contributed by atoms with Gasteiger partial charge < -0.3 is 13.5 Å². The first-order valence-electron chi connectivity index (χ1n) is 14.7. The average molecular weight is 831 g/mol. The molecule has 0 atom stereocenters. The Hall–Kier alpha value is -3.57. The van der Waals surface area contributed by atoms with Crippen LogP contribution in [0.15, 0.2) is 141 Å². The molecule has 0 saturated carbocycles. The molecule has 6 rings (SSSR count). The van der Waals surface area contributed by atoms with Crippen LogP contribution in [0.4, 0.5) is 27.5 Å². The van der Waals surface area contributed by atoms with Gasteiger partial charge in [0, 0.05) is 11.4 Å². The van der Waals surface area contributed by atoms with Crippen LogP contribution in [0.2, 0.25) is 0 Å². The van der Waals surface area contributed by atoms with Crippen LogP contribution in [0.1, 0.15) is 2.85 Å². The van der Waals surface area contributed by atoms with Crippen molar-refractivity contribution in [3.05, 3.63) is 121 Å². The maximum absolute atomic E-state index is 13.1. The maximum atomic E-state index is 13.1. The standard InChI is InChI=1S/C33H26N4O11S4.2Na.2H/c38-33(34-25-11-7-21-9-13-29(17-23(21)15-25)49(39,40)36-27-3-1-5-31(19-27)51(43,44)45)35-26-12-8-22-10-14-30(18-24(22)16-26)50(41,42)37-28-4-2-6-32(20-28)52(46,47)48;;;;/h1-20,36-37H,(H2,34,35,38)(H,43,44,45)(H,46,47,48);;;;/q;2*+1;2*-1. The van der Waals surface area contributed by atoms with Crippen molar-refractivity contribution in [3.8, 4) is 0 Å². The number of nitrogens with one attached hydrogen (secondary N) is 4. The van der Waals surface area contributed by atoms with E-state index in [1.54, 1.807) is 48.5 Å². The Balaban J connectivity index is 0.00000271. The van der Waals surface area contributed by atoms with Crippen molar-refractivity contribution < 1.29 is 110 Å². The molecule has 0 fully saturated rings. The van der Waals surface area contributed by atoms with Crippen LogP contribution in [-0.4, -0.2) is 48.8 Å². The van der Waals surface area contributed by atoms with Crippen molar-refractivity contribution in [2.45, 2.75) is 19.6 Å². The van der Waals surface area contributed by atoms with E-state index in [1.807, 2.05) is 0 Å². The summed E-state index contributed by atoms with van der Waals surface area (Å²) in [5, 5.41) is 7.53. The molecule has 54 heavy (non-hydrogen) atoms. The summed E-state index contributed by atoms with van der Waals surface area (Å²) in [6.45, 7) is 0. The molecule has 0 radical (unpaired) electrons. The van der Waals surface area contributed by atoms with Crippen LogP contribution in [0.3, 0.4) is 0 Å². The largest absolute Gasteiger partial charge is 1.00 e. The second kappa shape index (κ2) is 16.7. The fourth-order valence-electron chi connectivity index (χ4n) is 5.10. The van der Waals surface area contributed by atoms with E-state index in [1.165, 1.54) is 48.5 Å². The Bertz CT molecular complexity index is 2700. The van der Waals surface area contributed by atoms with Gasteiger partial charge in [0.1, 0.15) is 0 Å². The number of carbonyl (C=O) groups is 1. The van der Waals surface area contributed by atoms with E-state index in [-0.39, 0.29) is 83.1 Å². The normalized spacial score (nSPS) is 11.9. The predicted octanol–water partition coefficient (Wildman–Crippen LogP) is -0.0350. The molecule has 0 saturated heterocycles. The number of sulfonamides is 2. The topological polar surface area (TPSA) is 242 Å². The summed E-state index contributed by atoms with van der Waals surface area (Å²) in [7, 11) is -17.5. The molecule has 0 aliphatic heterocycles. The summed E-state index contributed by atoms with van der Waals surface area (Å²) < 4.78 is 121. The number of carbonyl (C=O) groups excluding carboxylic acids is 1. The number of amides is 2. The zero-order valence-corrected chi connectivity index (χ0v) is 35.5. The zero-order chi connectivity index (χ0) is 37.5. The van der Waals surface area contributed by atoms with E-state index in [0.717, 1.165) is 24.3 Å². The van der Waals surface area contributed by atoms with Crippen molar-refractivity contribution >= 4 is 90.6 Å². The number of fused-ring (bicyclic) bond motifs is 2. The first-order valence-corrected chi connectivity index (χ1v) is 20.6. The molecular weight excluding hydrogens is 803 g/mol. The van der Waals surface area contributed by atoms with Gasteiger partial charge in [0.2, 0.25) is 0 Å². The fourth-order valence-corrected chi connectivity index (χ4v) is 8.32. The monoisotopic (exact) mass is 830 g/mol. The van der Waals surface area contributed by atoms with E-state index < -0.39 is 56.1 Å². The van der Waals surface area contributed by atoms with Gasteiger partial charge in [-0.25, -0.2) is 21.6 Å². The van der Waals surface area contributed by atoms with Crippen LogP contribution >= 0.6 is 0 Å². The van der Waals surface area contributed by atoms with Gasteiger partial charge in [0.05, 0.1) is 31.0 Å². The smallest absolute Gasteiger partial charge is 1.00 e. The Morgan fingerprint density at radius 3 is 1.17 bits per heavy atom. The average Bonchev–Trinajstić information content (AvgIpc) is 3.06. The van der Waals surface area contributed by atoms with Gasteiger partial charge in [-0.2, -0.15) is 16.8 Å². The minimum absolute atomic E-state index is 0. The first kappa shape index (κ1) is 43.2. The van der Waals surface area contributed by atoms with Crippen molar-refractivity contribution in [2.24, 2.45) is 0 Å².